The first kappa shape index (κ1) is 21.4. The Morgan fingerprint density at radius 1 is 1.04 bits per heavy atom. The van der Waals surface area contributed by atoms with Crippen molar-refractivity contribution in [3.63, 3.8) is 0 Å². The Kier molecular flexibility index (Phi) is 5.19. The molecule has 2 unspecified atom stereocenters. The lowest BCUT2D eigenvalue weighted by Gasteiger charge is -2.45. The summed E-state index contributed by atoms with van der Waals surface area (Å²) in [6.07, 6.45) is 0.644. The van der Waals surface area contributed by atoms with Gasteiger partial charge in [-0.05, 0) is 16.4 Å². The Balaban J connectivity index is 2.64. The van der Waals surface area contributed by atoms with Gasteiger partial charge < -0.3 is 4.90 Å². The second-order valence-corrected chi connectivity index (χ2v) is 12.1. The van der Waals surface area contributed by atoms with E-state index in [1.54, 1.807) is 0 Å². The number of fused-ring (bicyclic) bond motifs is 1. The van der Waals surface area contributed by atoms with Crippen LogP contribution in [0.2, 0.25) is 0 Å². The number of nitrogens with zero attached hydrogens (tertiary/aromatic N) is 2. The number of nitrogens with one attached hydrogen (secondary N) is 1. The van der Waals surface area contributed by atoms with Crippen LogP contribution in [-0.4, -0.2) is 37.8 Å². The molecule has 0 aromatic rings. The first-order chi connectivity index (χ1) is 11.4. The van der Waals surface area contributed by atoms with Crippen LogP contribution in [-0.2, 0) is 10.2 Å². The van der Waals surface area contributed by atoms with Gasteiger partial charge in [-0.3, -0.25) is 4.99 Å². The average molecular weight is 385 g/mol. The molecule has 0 radical (unpaired) electrons. The molecule has 2 rings (SSSR count). The molecule has 0 aromatic heterocycles. The van der Waals surface area contributed by atoms with Crippen LogP contribution in [0, 0.1) is 16.2 Å². The van der Waals surface area contributed by atoms with Crippen LogP contribution in [0.4, 0.5) is 0 Å². The fourth-order valence-corrected chi connectivity index (χ4v) is 4.62. The van der Waals surface area contributed by atoms with Gasteiger partial charge in [0.15, 0.2) is 0 Å². The minimum atomic E-state index is -3.74. The fraction of sp³-hybridized carbons (Fsp3) is 0.842. The van der Waals surface area contributed by atoms with E-state index in [-0.39, 0.29) is 28.3 Å². The molecule has 0 aliphatic carbocycles. The van der Waals surface area contributed by atoms with Crippen LogP contribution < -0.4 is 9.86 Å². The maximum atomic E-state index is 11.6. The molecule has 150 valence electrons. The second-order valence-electron chi connectivity index (χ2n) is 10.8. The standard InChI is InChI=1S/C19H36N4O2S/c1-17(2,3)14-13-10-12(22-26(20,24)25)11-23(13)16(19(7,8)9)21-15(14)18(4,5)6/h12,15,22H,10-11H2,1-9H3,(H2,20,24,25). The third-order valence-electron chi connectivity index (χ3n) is 4.89. The largest absolute Gasteiger partial charge is 0.332 e. The minimum absolute atomic E-state index is 0.0241. The van der Waals surface area contributed by atoms with E-state index in [0.717, 1.165) is 5.84 Å². The molecule has 0 saturated carbocycles. The summed E-state index contributed by atoms with van der Waals surface area (Å²) in [7, 11) is -3.74. The summed E-state index contributed by atoms with van der Waals surface area (Å²) in [5, 5.41) is 5.24. The van der Waals surface area contributed by atoms with Crippen molar-refractivity contribution < 1.29 is 8.42 Å². The predicted molar refractivity (Wildman–Crippen MR) is 108 cm³/mol. The number of amidine groups is 1. The molecular formula is C19H36N4O2S. The van der Waals surface area contributed by atoms with Crippen molar-refractivity contribution in [2.24, 2.45) is 26.4 Å². The highest BCUT2D eigenvalue weighted by Crippen LogP contribution is 2.47. The minimum Gasteiger partial charge on any atom is -0.332 e. The van der Waals surface area contributed by atoms with Gasteiger partial charge in [0.1, 0.15) is 5.84 Å². The predicted octanol–water partition coefficient (Wildman–Crippen LogP) is 3.03. The average Bonchev–Trinajstić information content (AvgIpc) is 2.72. The molecular weight excluding hydrogens is 348 g/mol. The summed E-state index contributed by atoms with van der Waals surface area (Å²) in [6.45, 7) is 20.3. The number of rotatable bonds is 2. The molecule has 2 aliphatic heterocycles. The molecule has 3 N–H and O–H groups in total. The summed E-state index contributed by atoms with van der Waals surface area (Å²) in [5.74, 6) is 1.03. The lowest BCUT2D eigenvalue weighted by atomic mass is 9.70. The smallest absolute Gasteiger partial charge is 0.274 e. The van der Waals surface area contributed by atoms with E-state index in [2.05, 4.69) is 71.9 Å². The zero-order valence-corrected chi connectivity index (χ0v) is 18.6. The zero-order chi connectivity index (χ0) is 20.3. The van der Waals surface area contributed by atoms with Crippen molar-refractivity contribution in [2.45, 2.75) is 80.8 Å². The van der Waals surface area contributed by atoms with Gasteiger partial charge in [0, 0.05) is 30.1 Å². The Bertz CT molecular complexity index is 731. The SMILES string of the molecule is CC(C)(C)C1=NC(C(C)(C)C)C(C(C)(C)C)=C2CC(NS(N)(=O)=O)CN12. The topological polar surface area (TPSA) is 87.8 Å². The van der Waals surface area contributed by atoms with Gasteiger partial charge in [0.05, 0.1) is 6.04 Å². The zero-order valence-electron chi connectivity index (χ0n) is 17.8. The van der Waals surface area contributed by atoms with E-state index in [4.69, 9.17) is 10.1 Å². The molecule has 6 nitrogen and oxygen atoms in total. The molecule has 1 fully saturated rings. The van der Waals surface area contributed by atoms with Gasteiger partial charge in [-0.15, -0.1) is 0 Å². The highest BCUT2D eigenvalue weighted by Gasteiger charge is 2.46. The maximum absolute atomic E-state index is 11.6. The van der Waals surface area contributed by atoms with Crippen molar-refractivity contribution >= 4 is 16.0 Å². The van der Waals surface area contributed by atoms with Crippen molar-refractivity contribution in [1.29, 1.82) is 0 Å². The first-order valence-corrected chi connectivity index (χ1v) is 10.9. The summed E-state index contributed by atoms with van der Waals surface area (Å²) < 4.78 is 25.7. The van der Waals surface area contributed by atoms with Crippen LogP contribution in [0.3, 0.4) is 0 Å². The number of nitrogens with two attached hydrogens (primary N) is 1. The van der Waals surface area contributed by atoms with Gasteiger partial charge in [0.25, 0.3) is 10.2 Å². The quantitative estimate of drug-likeness (QED) is 0.767. The first-order valence-electron chi connectivity index (χ1n) is 9.30. The molecule has 0 amide bonds. The van der Waals surface area contributed by atoms with Gasteiger partial charge in [-0.1, -0.05) is 62.3 Å². The van der Waals surface area contributed by atoms with Crippen molar-refractivity contribution in [3.8, 4) is 0 Å². The van der Waals surface area contributed by atoms with E-state index in [0.29, 0.717) is 13.0 Å². The second kappa shape index (κ2) is 6.31. The van der Waals surface area contributed by atoms with Crippen LogP contribution in [0.5, 0.6) is 0 Å². The van der Waals surface area contributed by atoms with Crippen LogP contribution in [0.25, 0.3) is 0 Å². The van der Waals surface area contributed by atoms with Crippen molar-refractivity contribution in [3.05, 3.63) is 11.3 Å². The van der Waals surface area contributed by atoms with Gasteiger partial charge in [-0.2, -0.15) is 13.1 Å². The third kappa shape index (κ3) is 4.49. The molecule has 0 spiro atoms. The molecule has 7 heteroatoms. The van der Waals surface area contributed by atoms with E-state index in [9.17, 15) is 8.42 Å². The van der Waals surface area contributed by atoms with E-state index >= 15 is 0 Å². The summed E-state index contributed by atoms with van der Waals surface area (Å²) >= 11 is 0. The number of aliphatic imine (C=N–C) groups is 1. The molecule has 1 saturated heterocycles. The number of hydrogen-bond donors (Lipinski definition) is 2. The van der Waals surface area contributed by atoms with Gasteiger partial charge >= 0.3 is 0 Å². The van der Waals surface area contributed by atoms with E-state index in [1.165, 1.54) is 11.3 Å². The maximum Gasteiger partial charge on any atom is 0.274 e. The Morgan fingerprint density at radius 3 is 1.96 bits per heavy atom. The number of hydrogen-bond acceptors (Lipinski definition) is 4. The van der Waals surface area contributed by atoms with E-state index < -0.39 is 10.2 Å². The lowest BCUT2D eigenvalue weighted by Crippen LogP contribution is -2.48. The van der Waals surface area contributed by atoms with E-state index in [1.807, 2.05) is 0 Å². The Hall–Kier alpha value is -0.920. The van der Waals surface area contributed by atoms with Crippen molar-refractivity contribution in [1.82, 2.24) is 9.62 Å². The Morgan fingerprint density at radius 2 is 1.58 bits per heavy atom. The molecule has 26 heavy (non-hydrogen) atoms. The third-order valence-corrected chi connectivity index (χ3v) is 5.55. The molecule has 2 heterocycles. The highest BCUT2D eigenvalue weighted by atomic mass is 32.2. The van der Waals surface area contributed by atoms with Gasteiger partial charge in [0.2, 0.25) is 0 Å². The summed E-state index contributed by atoms with van der Waals surface area (Å²) in [4.78, 5) is 7.45. The normalized spacial score (nSPS) is 25.5. The van der Waals surface area contributed by atoms with Crippen LogP contribution in [0.15, 0.2) is 16.3 Å². The molecule has 2 aliphatic rings. The van der Waals surface area contributed by atoms with Gasteiger partial charge in [-0.25, -0.2) is 5.14 Å². The summed E-state index contributed by atoms with van der Waals surface area (Å²) in [6, 6.07) is -0.167. The fourth-order valence-electron chi connectivity index (χ4n) is 4.00. The van der Waals surface area contributed by atoms with Crippen LogP contribution >= 0.6 is 0 Å². The lowest BCUT2D eigenvalue weighted by molar-refractivity contribution is 0.285. The molecule has 0 bridgehead atoms. The Labute approximate surface area is 159 Å². The molecule has 0 aromatic carbocycles. The monoisotopic (exact) mass is 384 g/mol. The van der Waals surface area contributed by atoms with Crippen molar-refractivity contribution in [2.75, 3.05) is 6.54 Å². The summed E-state index contributed by atoms with van der Waals surface area (Å²) in [5.41, 5.74) is 2.29. The van der Waals surface area contributed by atoms with Crippen LogP contribution in [0.1, 0.15) is 68.7 Å². The highest BCUT2D eigenvalue weighted by molar-refractivity contribution is 7.87. The molecule has 2 atom stereocenters.